The van der Waals surface area contributed by atoms with E-state index in [4.69, 9.17) is 0 Å². The van der Waals surface area contributed by atoms with E-state index in [-0.39, 0.29) is 22.3 Å². The van der Waals surface area contributed by atoms with Crippen molar-refractivity contribution in [2.24, 2.45) is 0 Å². The normalized spacial score (nSPS) is 16.6. The number of benzene rings is 1. The van der Waals surface area contributed by atoms with Crippen molar-refractivity contribution in [1.82, 2.24) is 19.7 Å². The second-order valence-corrected chi connectivity index (χ2v) is 8.73. The van der Waals surface area contributed by atoms with Crippen LogP contribution in [0.5, 0.6) is 0 Å². The highest BCUT2D eigenvalue weighted by molar-refractivity contribution is 5.74. The summed E-state index contributed by atoms with van der Waals surface area (Å²) in [5.41, 5.74) is 1.14. The molecule has 1 aliphatic rings. The molecule has 0 aliphatic heterocycles. The van der Waals surface area contributed by atoms with Gasteiger partial charge < -0.3 is 5.32 Å². The molecule has 1 aliphatic carbocycles. The fraction of sp³-hybridized carbons (Fsp3) is 0.476. The van der Waals surface area contributed by atoms with Crippen molar-refractivity contribution in [3.63, 3.8) is 0 Å². The molecule has 0 radical (unpaired) electrons. The molecule has 1 fully saturated rings. The Labute approximate surface area is 163 Å². The number of nitrogens with one attached hydrogen (secondary N) is 2. The predicted octanol–water partition coefficient (Wildman–Crippen LogP) is 3.94. The van der Waals surface area contributed by atoms with E-state index in [1.807, 2.05) is 32.9 Å². The molecule has 0 saturated heterocycles. The van der Waals surface area contributed by atoms with Gasteiger partial charge in [-0.25, -0.2) is 9.07 Å². The summed E-state index contributed by atoms with van der Waals surface area (Å²) in [7, 11) is 0. The van der Waals surface area contributed by atoms with Crippen LogP contribution in [0.25, 0.3) is 11.0 Å². The maximum absolute atomic E-state index is 13.4. The summed E-state index contributed by atoms with van der Waals surface area (Å²) in [6.07, 6.45) is 5.89. The lowest BCUT2D eigenvalue weighted by Crippen LogP contribution is -2.32. The first-order valence-electron chi connectivity index (χ1n) is 9.77. The van der Waals surface area contributed by atoms with E-state index in [0.717, 1.165) is 31.2 Å². The zero-order valence-corrected chi connectivity index (χ0v) is 16.6. The van der Waals surface area contributed by atoms with Crippen molar-refractivity contribution in [2.75, 3.05) is 11.9 Å². The third-order valence-electron chi connectivity index (χ3n) is 5.68. The van der Waals surface area contributed by atoms with Gasteiger partial charge in [-0.05, 0) is 51.3 Å². The summed E-state index contributed by atoms with van der Waals surface area (Å²) >= 11 is 0. The first kappa shape index (κ1) is 18.7. The molecule has 2 heterocycles. The number of aromatic nitrogens is 4. The van der Waals surface area contributed by atoms with E-state index in [9.17, 15) is 9.18 Å². The zero-order valence-electron chi connectivity index (χ0n) is 16.6. The highest BCUT2D eigenvalue weighted by atomic mass is 19.1. The summed E-state index contributed by atoms with van der Waals surface area (Å²) < 4.78 is 15.1. The summed E-state index contributed by atoms with van der Waals surface area (Å²) in [6.45, 7) is 6.71. The molecule has 0 unspecified atom stereocenters. The van der Waals surface area contributed by atoms with Crippen LogP contribution in [0.4, 0.5) is 10.3 Å². The number of hydrogen-bond donors (Lipinski definition) is 2. The van der Waals surface area contributed by atoms with Gasteiger partial charge in [-0.15, -0.1) is 0 Å². The van der Waals surface area contributed by atoms with Gasteiger partial charge in [0.05, 0.1) is 11.7 Å². The summed E-state index contributed by atoms with van der Waals surface area (Å²) in [5, 5.41) is 8.17. The van der Waals surface area contributed by atoms with Crippen LogP contribution in [0.15, 0.2) is 35.3 Å². The Balaban J connectivity index is 1.66. The molecule has 148 valence electrons. The first-order valence-corrected chi connectivity index (χ1v) is 9.77. The second kappa shape index (κ2) is 6.72. The number of halogens is 1. The highest BCUT2D eigenvalue weighted by Gasteiger charge is 2.35. The molecule has 2 aromatic heterocycles. The van der Waals surface area contributed by atoms with Crippen molar-refractivity contribution < 1.29 is 4.39 Å². The van der Waals surface area contributed by atoms with Crippen LogP contribution < -0.4 is 10.9 Å². The van der Waals surface area contributed by atoms with E-state index in [1.165, 1.54) is 12.1 Å². The van der Waals surface area contributed by atoms with Crippen molar-refractivity contribution in [3.05, 3.63) is 52.2 Å². The van der Waals surface area contributed by atoms with Gasteiger partial charge in [-0.2, -0.15) is 10.1 Å². The third kappa shape index (κ3) is 3.30. The van der Waals surface area contributed by atoms with Crippen molar-refractivity contribution in [3.8, 4) is 0 Å². The second-order valence-electron chi connectivity index (χ2n) is 8.73. The van der Waals surface area contributed by atoms with E-state index in [0.29, 0.717) is 23.5 Å². The van der Waals surface area contributed by atoms with E-state index < -0.39 is 0 Å². The predicted molar refractivity (Wildman–Crippen MR) is 108 cm³/mol. The lowest BCUT2D eigenvalue weighted by atomic mass is 9.79. The molecular weight excluding hydrogens is 357 g/mol. The number of H-pyrrole nitrogens is 1. The molecule has 0 atom stereocenters. The molecule has 1 saturated carbocycles. The molecule has 28 heavy (non-hydrogen) atoms. The Morgan fingerprint density at radius 2 is 1.89 bits per heavy atom. The molecule has 3 aromatic rings. The van der Waals surface area contributed by atoms with Gasteiger partial charge in [0.15, 0.2) is 5.65 Å². The fourth-order valence-corrected chi connectivity index (χ4v) is 4.17. The number of anilines is 1. The van der Waals surface area contributed by atoms with Gasteiger partial charge in [0.25, 0.3) is 5.56 Å². The lowest BCUT2D eigenvalue weighted by molar-refractivity contribution is 0.366. The molecular formula is C21H26FN5O. The van der Waals surface area contributed by atoms with Crippen LogP contribution in [-0.2, 0) is 11.0 Å². The minimum absolute atomic E-state index is 0.0779. The molecule has 2 N–H and O–H groups in total. The number of fused-ring (bicyclic) bond motifs is 1. The average molecular weight is 383 g/mol. The van der Waals surface area contributed by atoms with Crippen molar-refractivity contribution in [1.29, 1.82) is 0 Å². The van der Waals surface area contributed by atoms with Crippen LogP contribution in [0.2, 0.25) is 0 Å². The van der Waals surface area contributed by atoms with Gasteiger partial charge >= 0.3 is 0 Å². The van der Waals surface area contributed by atoms with Crippen molar-refractivity contribution in [2.45, 2.75) is 57.4 Å². The van der Waals surface area contributed by atoms with Crippen LogP contribution in [0.3, 0.4) is 0 Å². The van der Waals surface area contributed by atoms with Crippen LogP contribution in [0.1, 0.15) is 52.0 Å². The Hall–Kier alpha value is -2.70. The maximum atomic E-state index is 13.4. The maximum Gasteiger partial charge on any atom is 0.263 e. The van der Waals surface area contributed by atoms with E-state index in [1.54, 1.807) is 10.9 Å². The van der Waals surface area contributed by atoms with Crippen LogP contribution in [0, 0.1) is 5.82 Å². The summed E-state index contributed by atoms with van der Waals surface area (Å²) in [5.74, 6) is 0.216. The number of nitrogens with zero attached hydrogens (tertiary/aromatic N) is 3. The first-order chi connectivity index (χ1) is 13.3. The monoisotopic (exact) mass is 383 g/mol. The highest BCUT2D eigenvalue weighted by Crippen LogP contribution is 2.41. The summed E-state index contributed by atoms with van der Waals surface area (Å²) in [4.78, 5) is 20.0. The number of hydrogen-bond acceptors (Lipinski definition) is 4. The average Bonchev–Trinajstić information content (AvgIpc) is 3.28. The Morgan fingerprint density at radius 1 is 1.21 bits per heavy atom. The van der Waals surface area contributed by atoms with Crippen LogP contribution >= 0.6 is 0 Å². The molecule has 0 spiro atoms. The minimum atomic E-state index is -0.277. The Kier molecular flexibility index (Phi) is 4.48. The minimum Gasteiger partial charge on any atom is -0.355 e. The molecule has 7 heteroatoms. The van der Waals surface area contributed by atoms with Crippen LogP contribution in [-0.4, -0.2) is 26.3 Å². The fourth-order valence-electron chi connectivity index (χ4n) is 4.17. The molecule has 6 nitrogen and oxygen atoms in total. The van der Waals surface area contributed by atoms with Crippen molar-refractivity contribution >= 4 is 17.0 Å². The third-order valence-corrected chi connectivity index (χ3v) is 5.68. The smallest absolute Gasteiger partial charge is 0.263 e. The Bertz CT molecular complexity index is 1040. The number of rotatable bonds is 4. The number of aromatic amines is 1. The van der Waals surface area contributed by atoms with E-state index >= 15 is 0 Å². The van der Waals surface area contributed by atoms with Gasteiger partial charge in [-0.3, -0.25) is 9.78 Å². The summed E-state index contributed by atoms with van der Waals surface area (Å²) in [6, 6.07) is 6.78. The lowest BCUT2D eigenvalue weighted by Gasteiger charge is -2.30. The molecule has 0 amide bonds. The quantitative estimate of drug-likeness (QED) is 0.716. The largest absolute Gasteiger partial charge is 0.355 e. The molecule has 0 bridgehead atoms. The van der Waals surface area contributed by atoms with Gasteiger partial charge in [0.2, 0.25) is 5.95 Å². The standard InChI is InChI=1S/C21H26FN5O/c1-20(2,3)27-17-16(12-24-27)18(28)26-19(25-17)23-13-21(10-4-5-11-21)14-6-8-15(22)9-7-14/h6-9,12H,4-5,10-11,13H2,1-3H3,(H2,23,25,26,28). The SMILES string of the molecule is CC(C)(C)n1ncc2c(=O)[nH]c(NCC3(c4ccc(F)cc4)CCCC3)nc21. The van der Waals surface area contributed by atoms with E-state index in [2.05, 4.69) is 20.4 Å². The molecule has 1 aromatic carbocycles. The topological polar surface area (TPSA) is 75.6 Å². The molecule has 4 rings (SSSR count). The van der Waals surface area contributed by atoms with Gasteiger partial charge in [0.1, 0.15) is 11.2 Å². The Morgan fingerprint density at radius 3 is 2.54 bits per heavy atom. The zero-order chi connectivity index (χ0) is 19.9. The van der Waals surface area contributed by atoms with Gasteiger partial charge in [-0.1, -0.05) is 25.0 Å². The van der Waals surface area contributed by atoms with Gasteiger partial charge in [0, 0.05) is 12.0 Å².